The summed E-state index contributed by atoms with van der Waals surface area (Å²) in [4.78, 5) is 18.5. The van der Waals surface area contributed by atoms with Gasteiger partial charge in [-0.1, -0.05) is 30.3 Å². The molecule has 0 saturated carbocycles. The van der Waals surface area contributed by atoms with E-state index in [1.165, 1.54) is 41.9 Å². The molecule has 1 aliphatic rings. The maximum atomic E-state index is 11.8. The summed E-state index contributed by atoms with van der Waals surface area (Å²) in [6.07, 6.45) is 7.40. The van der Waals surface area contributed by atoms with Crippen molar-refractivity contribution < 1.29 is 9.53 Å². The molecule has 1 fully saturated rings. The van der Waals surface area contributed by atoms with Gasteiger partial charge in [-0.3, -0.25) is 9.88 Å². The zero-order valence-corrected chi connectivity index (χ0v) is 16.3. The smallest absolute Gasteiger partial charge is 0.337 e. The van der Waals surface area contributed by atoms with Crippen LogP contribution in [-0.2, 0) is 17.7 Å². The molecule has 0 N–H and O–H groups in total. The highest BCUT2D eigenvalue weighted by Crippen LogP contribution is 2.26. The molecule has 0 spiro atoms. The Morgan fingerprint density at radius 2 is 2.11 bits per heavy atom. The van der Waals surface area contributed by atoms with Crippen LogP contribution in [0.1, 0.15) is 34.3 Å². The predicted molar refractivity (Wildman–Crippen MR) is 111 cm³/mol. The molecule has 4 heteroatoms. The van der Waals surface area contributed by atoms with Gasteiger partial charge in [0.1, 0.15) is 0 Å². The number of nitrogens with zero attached hydrogens (tertiary/aromatic N) is 2. The number of likely N-dealkylation sites (tertiary alicyclic amines) is 1. The topological polar surface area (TPSA) is 42.4 Å². The SMILES string of the molecule is COC(=O)c1cccc(CN2CCCC(Cc3cccc4cnccc34)C2)c1. The van der Waals surface area contributed by atoms with Crippen LogP contribution >= 0.6 is 0 Å². The molecule has 1 saturated heterocycles. The second-order valence-electron chi connectivity index (χ2n) is 7.65. The molecule has 2 aromatic carbocycles. The van der Waals surface area contributed by atoms with Gasteiger partial charge >= 0.3 is 5.97 Å². The molecule has 0 radical (unpaired) electrons. The third-order valence-corrected chi connectivity index (χ3v) is 5.64. The lowest BCUT2D eigenvalue weighted by atomic mass is 9.89. The van der Waals surface area contributed by atoms with Gasteiger partial charge in [-0.15, -0.1) is 0 Å². The number of piperidine rings is 1. The Hall–Kier alpha value is -2.72. The normalized spacial score (nSPS) is 17.5. The van der Waals surface area contributed by atoms with E-state index in [0.29, 0.717) is 11.5 Å². The van der Waals surface area contributed by atoms with E-state index in [1.54, 1.807) is 0 Å². The number of aromatic nitrogens is 1. The quantitative estimate of drug-likeness (QED) is 0.618. The molecule has 2 heterocycles. The average molecular weight is 374 g/mol. The lowest BCUT2D eigenvalue weighted by molar-refractivity contribution is 0.0600. The highest BCUT2D eigenvalue weighted by molar-refractivity contribution is 5.89. The van der Waals surface area contributed by atoms with Crippen molar-refractivity contribution in [3.8, 4) is 0 Å². The first-order valence-corrected chi connectivity index (χ1v) is 9.94. The van der Waals surface area contributed by atoms with Gasteiger partial charge in [0, 0.05) is 30.9 Å². The molecular formula is C24H26N2O2. The number of esters is 1. The summed E-state index contributed by atoms with van der Waals surface area (Å²) in [6, 6.07) is 16.4. The van der Waals surface area contributed by atoms with Gasteiger partial charge in [-0.05, 0) is 66.4 Å². The molecule has 0 amide bonds. The Labute approximate surface area is 166 Å². The van der Waals surface area contributed by atoms with Crippen molar-refractivity contribution in [2.24, 2.45) is 5.92 Å². The van der Waals surface area contributed by atoms with Crippen LogP contribution in [0.25, 0.3) is 10.8 Å². The third kappa shape index (κ3) is 4.23. The number of carbonyl (C=O) groups is 1. The summed E-state index contributed by atoms with van der Waals surface area (Å²) in [6.45, 7) is 3.07. The van der Waals surface area contributed by atoms with Crippen LogP contribution < -0.4 is 0 Å². The Morgan fingerprint density at radius 1 is 1.21 bits per heavy atom. The molecule has 144 valence electrons. The van der Waals surface area contributed by atoms with Gasteiger partial charge in [-0.25, -0.2) is 4.79 Å². The Bertz CT molecular complexity index is 964. The first kappa shape index (κ1) is 18.6. The molecule has 1 aromatic heterocycles. The van der Waals surface area contributed by atoms with E-state index in [0.717, 1.165) is 26.1 Å². The third-order valence-electron chi connectivity index (χ3n) is 5.64. The molecule has 1 atom stereocenters. The molecule has 3 aromatic rings. The fourth-order valence-electron chi connectivity index (χ4n) is 4.31. The van der Waals surface area contributed by atoms with E-state index in [1.807, 2.05) is 30.6 Å². The summed E-state index contributed by atoms with van der Waals surface area (Å²) < 4.78 is 4.84. The number of pyridine rings is 1. The number of hydrogen-bond donors (Lipinski definition) is 0. The van der Waals surface area contributed by atoms with Crippen LogP contribution in [0.2, 0.25) is 0 Å². The molecule has 1 unspecified atom stereocenters. The zero-order chi connectivity index (χ0) is 19.3. The molecular weight excluding hydrogens is 348 g/mol. The van der Waals surface area contributed by atoms with Crippen LogP contribution in [0.5, 0.6) is 0 Å². The largest absolute Gasteiger partial charge is 0.465 e. The summed E-state index contributed by atoms with van der Waals surface area (Å²) in [5.41, 5.74) is 3.21. The van der Waals surface area contributed by atoms with E-state index >= 15 is 0 Å². The van der Waals surface area contributed by atoms with E-state index < -0.39 is 0 Å². The van der Waals surface area contributed by atoms with Crippen LogP contribution in [0.3, 0.4) is 0 Å². The molecule has 0 aliphatic carbocycles. The second kappa shape index (κ2) is 8.53. The van der Waals surface area contributed by atoms with E-state index in [-0.39, 0.29) is 5.97 Å². The van der Waals surface area contributed by atoms with Gasteiger partial charge in [0.15, 0.2) is 0 Å². The van der Waals surface area contributed by atoms with Crippen molar-refractivity contribution >= 4 is 16.7 Å². The van der Waals surface area contributed by atoms with Gasteiger partial charge in [0.05, 0.1) is 12.7 Å². The number of methoxy groups -OCH3 is 1. The van der Waals surface area contributed by atoms with Crippen LogP contribution in [-0.4, -0.2) is 36.1 Å². The van der Waals surface area contributed by atoms with E-state index in [2.05, 4.69) is 40.2 Å². The van der Waals surface area contributed by atoms with Crippen LogP contribution in [0, 0.1) is 5.92 Å². The molecule has 28 heavy (non-hydrogen) atoms. The van der Waals surface area contributed by atoms with Crippen molar-refractivity contribution in [1.29, 1.82) is 0 Å². The molecule has 4 nitrogen and oxygen atoms in total. The van der Waals surface area contributed by atoms with Crippen LogP contribution in [0.15, 0.2) is 60.9 Å². The van der Waals surface area contributed by atoms with Crippen molar-refractivity contribution in [1.82, 2.24) is 9.88 Å². The van der Waals surface area contributed by atoms with E-state index in [9.17, 15) is 4.79 Å². The minimum absolute atomic E-state index is 0.274. The fourth-order valence-corrected chi connectivity index (χ4v) is 4.31. The number of carbonyl (C=O) groups excluding carboxylic acids is 1. The Morgan fingerprint density at radius 3 is 3.00 bits per heavy atom. The van der Waals surface area contributed by atoms with Crippen molar-refractivity contribution in [3.63, 3.8) is 0 Å². The van der Waals surface area contributed by atoms with Crippen molar-refractivity contribution in [3.05, 3.63) is 77.6 Å². The highest BCUT2D eigenvalue weighted by Gasteiger charge is 2.21. The minimum atomic E-state index is -0.274. The maximum absolute atomic E-state index is 11.8. The zero-order valence-electron chi connectivity index (χ0n) is 16.3. The van der Waals surface area contributed by atoms with E-state index in [4.69, 9.17) is 4.74 Å². The number of benzene rings is 2. The summed E-state index contributed by atoms with van der Waals surface area (Å²) in [5.74, 6) is 0.375. The van der Waals surface area contributed by atoms with Gasteiger partial charge in [0.25, 0.3) is 0 Å². The highest BCUT2D eigenvalue weighted by atomic mass is 16.5. The Balaban J connectivity index is 1.44. The van der Waals surface area contributed by atoms with Gasteiger partial charge in [-0.2, -0.15) is 0 Å². The van der Waals surface area contributed by atoms with Gasteiger partial charge in [0.2, 0.25) is 0 Å². The first-order valence-electron chi connectivity index (χ1n) is 9.94. The molecule has 1 aliphatic heterocycles. The predicted octanol–water partition coefficient (Wildman–Crippen LogP) is 4.48. The minimum Gasteiger partial charge on any atom is -0.465 e. The second-order valence-corrected chi connectivity index (χ2v) is 7.65. The maximum Gasteiger partial charge on any atom is 0.337 e. The number of rotatable bonds is 5. The first-order chi connectivity index (χ1) is 13.7. The van der Waals surface area contributed by atoms with Crippen molar-refractivity contribution in [2.75, 3.05) is 20.2 Å². The lowest BCUT2D eigenvalue weighted by Gasteiger charge is -2.33. The van der Waals surface area contributed by atoms with Crippen LogP contribution in [0.4, 0.5) is 0 Å². The number of hydrogen-bond acceptors (Lipinski definition) is 4. The summed E-state index contributed by atoms with van der Waals surface area (Å²) >= 11 is 0. The lowest BCUT2D eigenvalue weighted by Crippen LogP contribution is -2.35. The summed E-state index contributed by atoms with van der Waals surface area (Å²) in [7, 11) is 1.42. The Kier molecular flexibility index (Phi) is 5.68. The van der Waals surface area contributed by atoms with Gasteiger partial charge < -0.3 is 4.74 Å². The summed E-state index contributed by atoms with van der Waals surface area (Å²) in [5, 5.41) is 2.53. The fraction of sp³-hybridized carbons (Fsp3) is 0.333. The monoisotopic (exact) mass is 374 g/mol. The number of fused-ring (bicyclic) bond motifs is 1. The van der Waals surface area contributed by atoms with Crippen molar-refractivity contribution in [2.45, 2.75) is 25.8 Å². The average Bonchev–Trinajstić information content (AvgIpc) is 2.74. The number of ether oxygens (including phenoxy) is 1. The molecule has 0 bridgehead atoms. The standard InChI is InChI=1S/C24H26N2O2/c1-28-24(27)21-8-2-5-18(14-21)16-26-12-4-6-19(17-26)13-20-7-3-9-22-15-25-11-10-23(20)22/h2-3,5,7-11,14-15,19H,4,6,12-13,16-17H2,1H3. The molecule has 4 rings (SSSR count).